The quantitative estimate of drug-likeness (QED) is 0.861. The standard InChI is InChI=1S/C13H20N2O2S/c1-10(2)11-4-6-12(7-5-11)15-13(16)14-8-9-18(3)17/h4-7,10H,8-9H2,1-3H3,(H2,14,15,16)/t18-/m0/s1. The number of anilines is 1. The number of hydrogen-bond acceptors (Lipinski definition) is 2. The number of urea groups is 1. The Morgan fingerprint density at radius 1 is 1.28 bits per heavy atom. The van der Waals surface area contributed by atoms with Crippen LogP contribution in [0.5, 0.6) is 0 Å². The highest BCUT2D eigenvalue weighted by Crippen LogP contribution is 2.16. The lowest BCUT2D eigenvalue weighted by Gasteiger charge is -2.09. The normalized spacial score (nSPS) is 12.2. The molecule has 0 saturated heterocycles. The van der Waals surface area contributed by atoms with Crippen LogP contribution in [0.25, 0.3) is 0 Å². The maximum absolute atomic E-state index is 11.5. The van der Waals surface area contributed by atoms with Gasteiger partial charge in [-0.3, -0.25) is 4.21 Å². The van der Waals surface area contributed by atoms with Crippen molar-refractivity contribution in [3.8, 4) is 0 Å². The van der Waals surface area contributed by atoms with Crippen molar-refractivity contribution in [2.45, 2.75) is 19.8 Å². The molecule has 1 aromatic carbocycles. The van der Waals surface area contributed by atoms with Gasteiger partial charge in [0.25, 0.3) is 0 Å². The van der Waals surface area contributed by atoms with Gasteiger partial charge in [0.05, 0.1) is 0 Å². The molecule has 0 radical (unpaired) electrons. The van der Waals surface area contributed by atoms with E-state index in [0.717, 1.165) is 5.69 Å². The molecule has 0 heterocycles. The minimum atomic E-state index is -0.879. The van der Waals surface area contributed by atoms with Gasteiger partial charge in [-0.15, -0.1) is 0 Å². The van der Waals surface area contributed by atoms with E-state index in [1.54, 1.807) is 6.26 Å². The first-order valence-corrected chi connectivity index (χ1v) is 7.66. The summed E-state index contributed by atoms with van der Waals surface area (Å²) >= 11 is 0. The Bertz CT molecular complexity index is 416. The van der Waals surface area contributed by atoms with E-state index in [1.807, 2.05) is 24.3 Å². The average Bonchev–Trinajstić information content (AvgIpc) is 2.29. The molecule has 1 aromatic rings. The third-order valence-corrected chi connectivity index (χ3v) is 3.29. The predicted molar refractivity (Wildman–Crippen MR) is 76.5 cm³/mol. The van der Waals surface area contributed by atoms with Gasteiger partial charge in [0.2, 0.25) is 0 Å². The van der Waals surface area contributed by atoms with E-state index in [1.165, 1.54) is 5.56 Å². The molecule has 0 unspecified atom stereocenters. The summed E-state index contributed by atoms with van der Waals surface area (Å²) in [6.07, 6.45) is 1.62. The summed E-state index contributed by atoms with van der Waals surface area (Å²) in [4.78, 5) is 11.5. The molecule has 5 heteroatoms. The maximum Gasteiger partial charge on any atom is 0.319 e. The van der Waals surface area contributed by atoms with Gasteiger partial charge in [0, 0.05) is 35.0 Å². The molecule has 18 heavy (non-hydrogen) atoms. The Morgan fingerprint density at radius 2 is 1.89 bits per heavy atom. The second-order valence-corrected chi connectivity index (χ2v) is 5.99. The lowest BCUT2D eigenvalue weighted by molar-refractivity contribution is 0.252. The highest BCUT2D eigenvalue weighted by Gasteiger charge is 2.03. The van der Waals surface area contributed by atoms with Crippen LogP contribution in [0.2, 0.25) is 0 Å². The Morgan fingerprint density at radius 3 is 2.39 bits per heavy atom. The molecule has 1 atom stereocenters. The molecule has 2 amide bonds. The van der Waals surface area contributed by atoms with Crippen molar-refractivity contribution in [3.63, 3.8) is 0 Å². The van der Waals surface area contributed by atoms with E-state index in [0.29, 0.717) is 18.2 Å². The maximum atomic E-state index is 11.5. The summed E-state index contributed by atoms with van der Waals surface area (Å²) in [6, 6.07) is 7.50. The fourth-order valence-electron chi connectivity index (χ4n) is 1.43. The number of rotatable bonds is 5. The van der Waals surface area contributed by atoms with Crippen LogP contribution in [0, 0.1) is 0 Å². The molecule has 100 valence electrons. The fraction of sp³-hybridized carbons (Fsp3) is 0.462. The van der Waals surface area contributed by atoms with Crippen molar-refractivity contribution in [1.82, 2.24) is 5.32 Å². The Kier molecular flexibility index (Phi) is 5.85. The van der Waals surface area contributed by atoms with Crippen LogP contribution in [0.15, 0.2) is 24.3 Å². The zero-order valence-corrected chi connectivity index (χ0v) is 11.8. The molecule has 0 fully saturated rings. The van der Waals surface area contributed by atoms with Gasteiger partial charge in [-0.25, -0.2) is 4.79 Å². The van der Waals surface area contributed by atoms with E-state index in [4.69, 9.17) is 0 Å². The number of amides is 2. The van der Waals surface area contributed by atoms with Gasteiger partial charge in [-0.1, -0.05) is 26.0 Å². The van der Waals surface area contributed by atoms with Gasteiger partial charge in [-0.2, -0.15) is 0 Å². The molecule has 4 nitrogen and oxygen atoms in total. The first-order chi connectivity index (χ1) is 8.49. The number of benzene rings is 1. The highest BCUT2D eigenvalue weighted by molar-refractivity contribution is 7.84. The average molecular weight is 268 g/mol. The lowest BCUT2D eigenvalue weighted by atomic mass is 10.0. The molecule has 1 rings (SSSR count). The predicted octanol–water partition coefficient (Wildman–Crippen LogP) is 2.31. The van der Waals surface area contributed by atoms with Gasteiger partial charge < -0.3 is 10.6 Å². The second kappa shape index (κ2) is 7.16. The topological polar surface area (TPSA) is 58.2 Å². The van der Waals surface area contributed by atoms with Crippen molar-refractivity contribution >= 4 is 22.5 Å². The number of nitrogens with one attached hydrogen (secondary N) is 2. The Hall–Kier alpha value is -1.36. The number of carbonyl (C=O) groups is 1. The third-order valence-electron chi connectivity index (χ3n) is 2.51. The smallest absolute Gasteiger partial charge is 0.319 e. The summed E-state index contributed by atoms with van der Waals surface area (Å²) in [7, 11) is -0.879. The van der Waals surface area contributed by atoms with Gasteiger partial charge >= 0.3 is 6.03 Å². The van der Waals surface area contributed by atoms with Crippen molar-refractivity contribution in [1.29, 1.82) is 0 Å². The molecule has 0 aliphatic rings. The minimum Gasteiger partial charge on any atom is -0.337 e. The number of carbonyl (C=O) groups excluding carboxylic acids is 1. The summed E-state index contributed by atoms with van der Waals surface area (Å²) in [6.45, 7) is 4.67. The van der Waals surface area contributed by atoms with Crippen LogP contribution < -0.4 is 10.6 Å². The molecule has 2 N–H and O–H groups in total. The molecule has 0 aliphatic carbocycles. The van der Waals surface area contributed by atoms with Crippen molar-refractivity contribution in [2.75, 3.05) is 23.9 Å². The van der Waals surface area contributed by atoms with Crippen LogP contribution >= 0.6 is 0 Å². The Balaban J connectivity index is 2.42. The van der Waals surface area contributed by atoms with E-state index < -0.39 is 10.8 Å². The van der Waals surface area contributed by atoms with E-state index in [2.05, 4.69) is 24.5 Å². The molecular weight excluding hydrogens is 248 g/mol. The summed E-state index contributed by atoms with van der Waals surface area (Å²) in [5.74, 6) is 0.951. The molecule has 0 spiro atoms. The zero-order chi connectivity index (χ0) is 13.5. The first kappa shape index (κ1) is 14.7. The monoisotopic (exact) mass is 268 g/mol. The molecule has 0 aromatic heterocycles. The van der Waals surface area contributed by atoms with Crippen molar-refractivity contribution in [2.24, 2.45) is 0 Å². The largest absolute Gasteiger partial charge is 0.337 e. The first-order valence-electron chi connectivity index (χ1n) is 5.94. The van der Waals surface area contributed by atoms with Crippen molar-refractivity contribution in [3.05, 3.63) is 29.8 Å². The van der Waals surface area contributed by atoms with Crippen LogP contribution in [-0.4, -0.2) is 28.8 Å². The summed E-state index contributed by atoms with van der Waals surface area (Å²) in [5.41, 5.74) is 2.00. The SMILES string of the molecule is CC(C)c1ccc(NC(=O)NCC[S@](C)=O)cc1. The third kappa shape index (κ3) is 5.31. The van der Waals surface area contributed by atoms with Crippen LogP contribution in [0.4, 0.5) is 10.5 Å². The van der Waals surface area contributed by atoms with Gasteiger partial charge in [0.15, 0.2) is 0 Å². The summed E-state index contributed by atoms with van der Waals surface area (Å²) < 4.78 is 10.8. The van der Waals surface area contributed by atoms with Crippen LogP contribution in [0.3, 0.4) is 0 Å². The minimum absolute atomic E-state index is 0.266. The van der Waals surface area contributed by atoms with Crippen LogP contribution in [0.1, 0.15) is 25.3 Å². The van der Waals surface area contributed by atoms with Crippen LogP contribution in [-0.2, 0) is 10.8 Å². The van der Waals surface area contributed by atoms with E-state index in [9.17, 15) is 9.00 Å². The number of hydrogen-bond donors (Lipinski definition) is 2. The molecule has 0 aliphatic heterocycles. The lowest BCUT2D eigenvalue weighted by Crippen LogP contribution is -2.31. The second-order valence-electron chi connectivity index (χ2n) is 4.43. The van der Waals surface area contributed by atoms with E-state index in [-0.39, 0.29) is 6.03 Å². The molecule has 0 bridgehead atoms. The Labute approximate surface area is 111 Å². The summed E-state index contributed by atoms with van der Waals surface area (Å²) in [5, 5.41) is 5.39. The zero-order valence-electron chi connectivity index (χ0n) is 11.0. The molecule has 0 saturated carbocycles. The highest BCUT2D eigenvalue weighted by atomic mass is 32.2. The molecular formula is C13H20N2O2S. The van der Waals surface area contributed by atoms with E-state index >= 15 is 0 Å². The van der Waals surface area contributed by atoms with Gasteiger partial charge in [0.1, 0.15) is 0 Å². The fourth-order valence-corrected chi connectivity index (χ4v) is 1.82. The van der Waals surface area contributed by atoms with Crippen molar-refractivity contribution < 1.29 is 9.00 Å². The van der Waals surface area contributed by atoms with Gasteiger partial charge in [-0.05, 0) is 23.6 Å².